The predicted molar refractivity (Wildman–Crippen MR) is 78.3 cm³/mol. The summed E-state index contributed by atoms with van der Waals surface area (Å²) in [5, 5.41) is 10.2. The van der Waals surface area contributed by atoms with E-state index in [1.54, 1.807) is 12.3 Å². The van der Waals surface area contributed by atoms with E-state index in [2.05, 4.69) is 11.8 Å². The number of halogens is 1. The van der Waals surface area contributed by atoms with Crippen molar-refractivity contribution in [2.24, 2.45) is 0 Å². The Morgan fingerprint density at radius 2 is 2.20 bits per heavy atom. The van der Waals surface area contributed by atoms with Crippen LogP contribution in [-0.2, 0) is 6.54 Å². The first-order valence-corrected chi connectivity index (χ1v) is 6.69. The molecule has 108 valence electrons. The number of rotatable bonds is 5. The summed E-state index contributed by atoms with van der Waals surface area (Å²) < 4.78 is 10.5. The Bertz CT molecular complexity index is 569. The van der Waals surface area contributed by atoms with Crippen molar-refractivity contribution in [1.29, 1.82) is 0 Å². The Labute approximate surface area is 123 Å². The number of nitrogens with zero attached hydrogens (tertiary/aromatic N) is 1. The van der Waals surface area contributed by atoms with Crippen molar-refractivity contribution in [1.82, 2.24) is 4.90 Å². The van der Waals surface area contributed by atoms with E-state index < -0.39 is 0 Å². The highest BCUT2D eigenvalue weighted by molar-refractivity contribution is 6.31. The molecule has 2 aromatic rings. The van der Waals surface area contributed by atoms with Gasteiger partial charge in [0.15, 0.2) is 11.5 Å². The molecule has 1 atom stereocenters. The molecule has 0 bridgehead atoms. The third-order valence-electron chi connectivity index (χ3n) is 3.38. The van der Waals surface area contributed by atoms with Gasteiger partial charge in [-0.15, -0.1) is 0 Å². The lowest BCUT2D eigenvalue weighted by Gasteiger charge is -2.23. The second-order valence-electron chi connectivity index (χ2n) is 4.72. The highest BCUT2D eigenvalue weighted by atomic mass is 35.5. The summed E-state index contributed by atoms with van der Waals surface area (Å²) in [6.45, 7) is 2.68. The molecule has 0 amide bonds. The highest BCUT2D eigenvalue weighted by Crippen LogP contribution is 2.33. The lowest BCUT2D eigenvalue weighted by atomic mass is 10.1. The number of furan rings is 1. The van der Waals surface area contributed by atoms with Crippen LogP contribution >= 0.6 is 11.6 Å². The van der Waals surface area contributed by atoms with Gasteiger partial charge in [0.2, 0.25) is 0 Å². The smallest absolute Gasteiger partial charge is 0.160 e. The maximum Gasteiger partial charge on any atom is 0.160 e. The number of aromatic hydroxyl groups is 1. The van der Waals surface area contributed by atoms with Crippen LogP contribution in [0.1, 0.15) is 24.3 Å². The molecular weight excluding hydrogens is 278 g/mol. The van der Waals surface area contributed by atoms with Crippen LogP contribution in [0.2, 0.25) is 5.02 Å². The van der Waals surface area contributed by atoms with Crippen molar-refractivity contribution in [3.8, 4) is 11.5 Å². The molecule has 20 heavy (non-hydrogen) atoms. The van der Waals surface area contributed by atoms with Gasteiger partial charge in [0.05, 0.1) is 19.4 Å². The Hall–Kier alpha value is -1.65. The average Bonchev–Trinajstić information content (AvgIpc) is 2.94. The Balaban J connectivity index is 2.17. The quantitative estimate of drug-likeness (QED) is 0.910. The predicted octanol–water partition coefficient (Wildman–Crippen LogP) is 3.84. The fourth-order valence-corrected chi connectivity index (χ4v) is 2.24. The molecule has 0 spiro atoms. The van der Waals surface area contributed by atoms with Crippen molar-refractivity contribution in [2.45, 2.75) is 19.5 Å². The van der Waals surface area contributed by atoms with E-state index in [4.69, 9.17) is 20.8 Å². The van der Waals surface area contributed by atoms with Gasteiger partial charge in [-0.3, -0.25) is 4.90 Å². The van der Waals surface area contributed by atoms with Crippen molar-refractivity contribution in [2.75, 3.05) is 14.2 Å². The van der Waals surface area contributed by atoms with Gasteiger partial charge in [-0.05, 0) is 37.7 Å². The second kappa shape index (κ2) is 6.20. The summed E-state index contributed by atoms with van der Waals surface area (Å²) in [6.07, 6.45) is 1.66. The summed E-state index contributed by atoms with van der Waals surface area (Å²) in [7, 11) is 3.50. The standard InChI is InChI=1S/C15H18ClNO3/c1-10(14-5-4-6-20-14)17(2)9-11-7-15(19-3)13(18)8-12(11)16/h4-8,10,18H,9H2,1-3H3. The third kappa shape index (κ3) is 3.08. The molecule has 0 aliphatic carbocycles. The number of benzene rings is 1. The van der Waals surface area contributed by atoms with Gasteiger partial charge < -0.3 is 14.3 Å². The minimum Gasteiger partial charge on any atom is -0.504 e. The van der Waals surface area contributed by atoms with Gasteiger partial charge in [0, 0.05) is 17.6 Å². The molecule has 0 aliphatic rings. The van der Waals surface area contributed by atoms with E-state index in [1.807, 2.05) is 19.2 Å². The van der Waals surface area contributed by atoms with E-state index in [0.717, 1.165) is 11.3 Å². The minimum absolute atomic E-state index is 0.0444. The first-order chi connectivity index (χ1) is 9.52. The van der Waals surface area contributed by atoms with E-state index >= 15 is 0 Å². The number of phenols is 1. The lowest BCUT2D eigenvalue weighted by molar-refractivity contribution is 0.223. The summed E-state index contributed by atoms with van der Waals surface area (Å²) in [6, 6.07) is 7.20. The topological polar surface area (TPSA) is 45.8 Å². The van der Waals surface area contributed by atoms with E-state index in [1.165, 1.54) is 13.2 Å². The number of phenolic OH excluding ortho intramolecular Hbond substituents is 1. The molecule has 0 fully saturated rings. The summed E-state index contributed by atoms with van der Waals surface area (Å²) in [5.74, 6) is 1.36. The SMILES string of the molecule is COc1cc(CN(C)C(C)c2ccco2)c(Cl)cc1O. The number of methoxy groups -OCH3 is 1. The molecule has 2 rings (SSSR count). The second-order valence-corrected chi connectivity index (χ2v) is 5.13. The Morgan fingerprint density at radius 3 is 2.80 bits per heavy atom. The van der Waals surface area contributed by atoms with Crippen LogP contribution in [0.3, 0.4) is 0 Å². The first-order valence-electron chi connectivity index (χ1n) is 6.32. The zero-order chi connectivity index (χ0) is 14.7. The van der Waals surface area contributed by atoms with Crippen LogP contribution in [0.25, 0.3) is 0 Å². The molecule has 1 aromatic heterocycles. The highest BCUT2D eigenvalue weighted by Gasteiger charge is 2.17. The van der Waals surface area contributed by atoms with Crippen molar-refractivity contribution < 1.29 is 14.3 Å². The molecule has 1 N–H and O–H groups in total. The zero-order valence-corrected chi connectivity index (χ0v) is 12.5. The fraction of sp³-hybridized carbons (Fsp3) is 0.333. The zero-order valence-electron chi connectivity index (χ0n) is 11.8. The summed E-state index contributed by atoms with van der Waals surface area (Å²) >= 11 is 6.17. The normalized spacial score (nSPS) is 12.7. The number of hydrogen-bond acceptors (Lipinski definition) is 4. The fourth-order valence-electron chi connectivity index (χ4n) is 2.02. The monoisotopic (exact) mass is 295 g/mol. The van der Waals surface area contributed by atoms with Crippen LogP contribution in [0.4, 0.5) is 0 Å². The number of ether oxygens (including phenoxy) is 1. The van der Waals surface area contributed by atoms with E-state index in [9.17, 15) is 5.11 Å². The first kappa shape index (κ1) is 14.8. The van der Waals surface area contributed by atoms with Gasteiger partial charge in [-0.25, -0.2) is 0 Å². The van der Waals surface area contributed by atoms with Crippen LogP contribution in [0.5, 0.6) is 11.5 Å². The van der Waals surface area contributed by atoms with Crippen molar-refractivity contribution in [3.05, 3.63) is 46.9 Å². The number of hydrogen-bond donors (Lipinski definition) is 1. The summed E-state index contributed by atoms with van der Waals surface area (Å²) in [5.41, 5.74) is 0.891. The minimum atomic E-state index is 0.0444. The molecule has 1 heterocycles. The largest absolute Gasteiger partial charge is 0.504 e. The van der Waals surface area contributed by atoms with Gasteiger partial charge in [-0.1, -0.05) is 11.6 Å². The molecule has 4 nitrogen and oxygen atoms in total. The molecule has 1 aromatic carbocycles. The molecule has 0 aliphatic heterocycles. The third-order valence-corrected chi connectivity index (χ3v) is 3.74. The van der Waals surface area contributed by atoms with E-state index in [-0.39, 0.29) is 11.8 Å². The van der Waals surface area contributed by atoms with Gasteiger partial charge >= 0.3 is 0 Å². The molecule has 1 unspecified atom stereocenters. The Morgan fingerprint density at radius 1 is 1.45 bits per heavy atom. The summed E-state index contributed by atoms with van der Waals surface area (Å²) in [4.78, 5) is 2.11. The van der Waals surface area contributed by atoms with Gasteiger partial charge in [0.25, 0.3) is 0 Å². The van der Waals surface area contributed by atoms with Gasteiger partial charge in [-0.2, -0.15) is 0 Å². The van der Waals surface area contributed by atoms with Crippen LogP contribution < -0.4 is 4.74 Å². The molecule has 0 saturated carbocycles. The average molecular weight is 296 g/mol. The van der Waals surface area contributed by atoms with Crippen LogP contribution in [0.15, 0.2) is 34.9 Å². The molecular formula is C15H18ClNO3. The van der Waals surface area contributed by atoms with Crippen molar-refractivity contribution >= 4 is 11.6 Å². The molecule has 0 saturated heterocycles. The molecule has 0 radical (unpaired) electrons. The lowest BCUT2D eigenvalue weighted by Crippen LogP contribution is -2.21. The maximum atomic E-state index is 9.67. The van der Waals surface area contributed by atoms with E-state index in [0.29, 0.717) is 17.3 Å². The van der Waals surface area contributed by atoms with Crippen LogP contribution in [-0.4, -0.2) is 24.2 Å². The van der Waals surface area contributed by atoms with Crippen LogP contribution in [0, 0.1) is 0 Å². The maximum absolute atomic E-state index is 9.67. The van der Waals surface area contributed by atoms with Gasteiger partial charge in [0.1, 0.15) is 5.76 Å². The molecule has 5 heteroatoms. The Kier molecular flexibility index (Phi) is 4.57. The van der Waals surface area contributed by atoms with Crippen molar-refractivity contribution in [3.63, 3.8) is 0 Å².